The van der Waals surface area contributed by atoms with Crippen molar-refractivity contribution < 1.29 is 5.11 Å². The first-order chi connectivity index (χ1) is 8.86. The minimum Gasteiger partial charge on any atom is -0.385 e. The molecule has 0 aliphatic rings. The van der Waals surface area contributed by atoms with Crippen LogP contribution < -0.4 is 0 Å². The van der Waals surface area contributed by atoms with E-state index in [1.54, 1.807) is 38.2 Å². The smallest absolute Gasteiger partial charge is 0.123 e. The average Bonchev–Trinajstić information content (AvgIpc) is 2.75. The van der Waals surface area contributed by atoms with Crippen molar-refractivity contribution in [1.29, 1.82) is 0 Å². The normalized spacial score (nSPS) is 13.5. The van der Waals surface area contributed by atoms with E-state index in [2.05, 4.69) is 21.1 Å². The summed E-state index contributed by atoms with van der Waals surface area (Å²) in [5.41, 5.74) is 0.374. The highest BCUT2D eigenvalue weighted by molar-refractivity contribution is 7.11. The number of nitrogens with zero attached hydrogens (tertiary/aromatic N) is 3. The Morgan fingerprint density at radius 1 is 1.47 bits per heavy atom. The van der Waals surface area contributed by atoms with Crippen molar-refractivity contribution in [3.05, 3.63) is 21.8 Å². The van der Waals surface area contributed by atoms with Gasteiger partial charge in [-0.3, -0.25) is 4.99 Å². The zero-order valence-corrected chi connectivity index (χ0v) is 12.6. The summed E-state index contributed by atoms with van der Waals surface area (Å²) in [6, 6.07) is 0. The van der Waals surface area contributed by atoms with Gasteiger partial charge in [0.25, 0.3) is 0 Å². The Balaban J connectivity index is 2.92. The maximum atomic E-state index is 9.88. The van der Waals surface area contributed by atoms with Gasteiger partial charge in [0, 0.05) is 18.2 Å². The lowest BCUT2D eigenvalue weighted by atomic mass is 10.0. The Morgan fingerprint density at radius 2 is 2.11 bits per heavy atom. The van der Waals surface area contributed by atoms with Crippen LogP contribution in [0.3, 0.4) is 0 Å². The lowest BCUT2D eigenvalue weighted by Gasteiger charge is -2.17. The molecule has 102 valence electrons. The van der Waals surface area contributed by atoms with Gasteiger partial charge in [-0.25, -0.2) is 0 Å². The zero-order valence-electron chi connectivity index (χ0n) is 11.8. The van der Waals surface area contributed by atoms with E-state index in [9.17, 15) is 5.11 Å². The maximum Gasteiger partial charge on any atom is 0.123 e. The van der Waals surface area contributed by atoms with E-state index in [1.807, 2.05) is 6.92 Å². The first kappa shape index (κ1) is 15.5. The first-order valence-corrected chi connectivity index (χ1v) is 6.93. The fourth-order valence-corrected chi connectivity index (χ4v) is 2.03. The highest BCUT2D eigenvalue weighted by Gasteiger charge is 2.17. The molecule has 0 aromatic carbocycles. The van der Waals surface area contributed by atoms with E-state index < -0.39 is 5.60 Å². The second kappa shape index (κ2) is 6.60. The molecule has 0 spiro atoms. The highest BCUT2D eigenvalue weighted by Crippen LogP contribution is 2.16. The van der Waals surface area contributed by atoms with Gasteiger partial charge in [0.05, 0.1) is 11.3 Å². The molecule has 0 atom stereocenters. The largest absolute Gasteiger partial charge is 0.385 e. The van der Waals surface area contributed by atoms with Crippen LogP contribution in [0.15, 0.2) is 16.8 Å². The molecular weight excluding hydrogens is 258 g/mol. The van der Waals surface area contributed by atoms with Crippen LogP contribution in [-0.4, -0.2) is 26.6 Å². The summed E-state index contributed by atoms with van der Waals surface area (Å²) in [7, 11) is 0. The molecule has 1 aromatic rings. The van der Waals surface area contributed by atoms with Crippen molar-refractivity contribution >= 4 is 17.0 Å². The van der Waals surface area contributed by atoms with Gasteiger partial charge in [-0.1, -0.05) is 12.8 Å². The van der Waals surface area contributed by atoms with Crippen LogP contribution in [0.4, 0.5) is 0 Å². The van der Waals surface area contributed by atoms with Crippen molar-refractivity contribution in [2.24, 2.45) is 4.99 Å². The van der Waals surface area contributed by atoms with Crippen LogP contribution in [0.5, 0.6) is 0 Å². The topological polar surface area (TPSA) is 58.4 Å². The van der Waals surface area contributed by atoms with Crippen LogP contribution in [0.1, 0.15) is 37.7 Å². The summed E-state index contributed by atoms with van der Waals surface area (Å²) in [6.45, 7) is 7.21. The quantitative estimate of drug-likeness (QED) is 0.664. The summed E-state index contributed by atoms with van der Waals surface area (Å²) in [5, 5.41) is 19.9. The number of rotatable bonds is 5. The van der Waals surface area contributed by atoms with Crippen LogP contribution in [0, 0.1) is 12.3 Å². The number of aryl methyl sites for hydroxylation is 1. The Labute approximate surface area is 118 Å². The van der Waals surface area contributed by atoms with Gasteiger partial charge in [-0.05, 0) is 27.2 Å². The van der Waals surface area contributed by atoms with E-state index in [4.69, 9.17) is 6.42 Å². The molecule has 1 N–H and O–H groups in total. The van der Waals surface area contributed by atoms with Gasteiger partial charge >= 0.3 is 0 Å². The van der Waals surface area contributed by atoms with Crippen molar-refractivity contribution in [1.82, 2.24) is 10.2 Å². The van der Waals surface area contributed by atoms with E-state index in [1.165, 1.54) is 0 Å². The van der Waals surface area contributed by atoms with Crippen molar-refractivity contribution in [2.45, 2.75) is 46.1 Å². The number of hydrogen-bond donors (Lipinski definition) is 1. The number of hydrogen-bond acceptors (Lipinski definition) is 5. The van der Waals surface area contributed by atoms with Crippen molar-refractivity contribution in [2.75, 3.05) is 0 Å². The second-order valence-corrected chi connectivity index (χ2v) is 5.83. The number of terminal acetylenes is 1. The molecule has 0 saturated heterocycles. The molecule has 0 aliphatic carbocycles. The summed E-state index contributed by atoms with van der Waals surface area (Å²) in [6.07, 6.45) is 8.32. The number of aromatic nitrogens is 2. The Hall–Kier alpha value is -1.51. The fraction of sp³-hybridized carbons (Fsp3) is 0.500. The minimum absolute atomic E-state index is 0.537. The zero-order chi connectivity index (χ0) is 14.5. The molecule has 0 amide bonds. The molecule has 0 saturated carbocycles. The lowest BCUT2D eigenvalue weighted by molar-refractivity contribution is 0.153. The molecule has 0 aliphatic heterocycles. The van der Waals surface area contributed by atoms with Gasteiger partial charge in [-0.2, -0.15) is 0 Å². The van der Waals surface area contributed by atoms with Crippen LogP contribution in [-0.2, 0) is 12.8 Å². The molecule has 0 radical (unpaired) electrons. The summed E-state index contributed by atoms with van der Waals surface area (Å²) in [4.78, 5) is 4.39. The molecule has 1 aromatic heterocycles. The van der Waals surface area contributed by atoms with Gasteiger partial charge in [-0.15, -0.1) is 28.0 Å². The van der Waals surface area contributed by atoms with E-state index in [-0.39, 0.29) is 0 Å². The maximum absolute atomic E-state index is 9.88. The highest BCUT2D eigenvalue weighted by atomic mass is 32.1. The molecule has 1 rings (SSSR count). The molecule has 4 nitrogen and oxygen atoms in total. The average molecular weight is 277 g/mol. The third-order valence-electron chi connectivity index (χ3n) is 2.59. The van der Waals surface area contributed by atoms with Gasteiger partial charge in [0.1, 0.15) is 10.0 Å². The fourth-order valence-electron chi connectivity index (χ4n) is 1.23. The van der Waals surface area contributed by atoms with E-state index in [0.29, 0.717) is 17.8 Å². The van der Waals surface area contributed by atoms with Crippen molar-refractivity contribution in [3.8, 4) is 12.3 Å². The van der Waals surface area contributed by atoms with Crippen LogP contribution >= 0.6 is 11.3 Å². The molecule has 1 heterocycles. The Morgan fingerprint density at radius 3 is 2.58 bits per heavy atom. The molecule has 0 bridgehead atoms. The first-order valence-electron chi connectivity index (χ1n) is 6.11. The van der Waals surface area contributed by atoms with Crippen LogP contribution in [0.25, 0.3) is 0 Å². The van der Waals surface area contributed by atoms with Gasteiger partial charge in [0.15, 0.2) is 0 Å². The minimum atomic E-state index is -0.955. The SMILES string of the molecule is C#C/C=C(Cc1nnc(CC)s1)\N=C(/C)C(C)(C)O. The van der Waals surface area contributed by atoms with E-state index in [0.717, 1.165) is 16.4 Å². The number of aliphatic imine (C=N–C) groups is 1. The molecule has 19 heavy (non-hydrogen) atoms. The summed E-state index contributed by atoms with van der Waals surface area (Å²) >= 11 is 1.56. The molecule has 5 heteroatoms. The summed E-state index contributed by atoms with van der Waals surface area (Å²) < 4.78 is 0. The molecular formula is C14H19N3OS. The summed E-state index contributed by atoms with van der Waals surface area (Å²) in [5.74, 6) is 2.47. The Kier molecular flexibility index (Phi) is 5.40. The number of aliphatic hydroxyl groups is 1. The molecule has 0 fully saturated rings. The third kappa shape index (κ3) is 4.93. The standard InChI is InChI=1S/C14H19N3OS/c1-6-8-11(15-10(3)14(4,5)18)9-13-17-16-12(7-2)19-13/h1,8,18H,7,9H2,2-5H3/b11-8-,15-10+. The predicted octanol–water partition coefficient (Wildman–Crippen LogP) is 2.39. The lowest BCUT2D eigenvalue weighted by Crippen LogP contribution is -2.28. The van der Waals surface area contributed by atoms with Crippen LogP contribution in [0.2, 0.25) is 0 Å². The second-order valence-electron chi connectivity index (χ2n) is 4.68. The van der Waals surface area contributed by atoms with E-state index >= 15 is 0 Å². The number of allylic oxidation sites excluding steroid dienone is 2. The predicted molar refractivity (Wildman–Crippen MR) is 79.3 cm³/mol. The molecule has 0 unspecified atom stereocenters. The van der Waals surface area contributed by atoms with Gasteiger partial charge in [0.2, 0.25) is 0 Å². The third-order valence-corrected chi connectivity index (χ3v) is 3.66. The van der Waals surface area contributed by atoms with Crippen molar-refractivity contribution in [3.63, 3.8) is 0 Å². The van der Waals surface area contributed by atoms with Gasteiger partial charge < -0.3 is 5.11 Å². The monoisotopic (exact) mass is 277 g/mol. The Bertz CT molecular complexity index is 530.